The topological polar surface area (TPSA) is 108 Å². The molecule has 0 radical (unpaired) electrons. The van der Waals surface area contributed by atoms with Gasteiger partial charge < -0.3 is 18.9 Å². The van der Waals surface area contributed by atoms with Gasteiger partial charge >= 0.3 is 5.69 Å². The molecule has 4 rings (SSSR count). The summed E-state index contributed by atoms with van der Waals surface area (Å²) in [4.78, 5) is 25.1. The standard InChI is InChI=1S/C24H23N3O6/c1-3-31-22-14-17(9-11-21-24(27(29)30)16(2)25-33-21)8-10-20(22)32-15-23(28)26-13-12-18-6-4-5-7-19(18)26/h4-11,14H,3,12-13,15H2,1-2H3/b11-9+. The Morgan fingerprint density at radius 3 is 2.82 bits per heavy atom. The molecule has 0 saturated heterocycles. The predicted molar refractivity (Wildman–Crippen MR) is 122 cm³/mol. The number of fused-ring (bicyclic) bond motifs is 1. The molecule has 1 amide bonds. The second kappa shape index (κ2) is 9.56. The normalized spacial score (nSPS) is 12.7. The lowest BCUT2D eigenvalue weighted by molar-refractivity contribution is -0.386. The van der Waals surface area contributed by atoms with Crippen molar-refractivity contribution >= 4 is 29.4 Å². The van der Waals surface area contributed by atoms with Crippen LogP contribution in [0.15, 0.2) is 47.0 Å². The van der Waals surface area contributed by atoms with Gasteiger partial charge in [0.25, 0.3) is 5.91 Å². The highest BCUT2D eigenvalue weighted by Crippen LogP contribution is 2.31. The number of nitrogens with zero attached hydrogens (tertiary/aromatic N) is 3. The average Bonchev–Trinajstić information content (AvgIpc) is 3.40. The number of aryl methyl sites for hydroxylation is 1. The SMILES string of the molecule is CCOc1cc(/C=C/c2onc(C)c2[N+](=O)[O-])ccc1OCC(=O)N1CCc2ccccc21. The summed E-state index contributed by atoms with van der Waals surface area (Å²) in [6, 6.07) is 13.1. The van der Waals surface area contributed by atoms with E-state index in [1.54, 1.807) is 29.2 Å². The van der Waals surface area contributed by atoms with E-state index in [1.807, 2.05) is 31.2 Å². The molecule has 0 saturated carbocycles. The molecule has 1 aliphatic heterocycles. The lowest BCUT2D eigenvalue weighted by atomic mass is 10.1. The first-order valence-corrected chi connectivity index (χ1v) is 10.5. The fourth-order valence-electron chi connectivity index (χ4n) is 3.72. The lowest BCUT2D eigenvalue weighted by Gasteiger charge is -2.18. The molecule has 33 heavy (non-hydrogen) atoms. The molecule has 2 aromatic carbocycles. The number of ether oxygens (including phenoxy) is 2. The van der Waals surface area contributed by atoms with Crippen LogP contribution >= 0.6 is 0 Å². The van der Waals surface area contributed by atoms with Gasteiger partial charge in [-0.3, -0.25) is 14.9 Å². The molecule has 1 aliphatic rings. The van der Waals surface area contributed by atoms with Gasteiger partial charge in [-0.25, -0.2) is 0 Å². The van der Waals surface area contributed by atoms with Gasteiger partial charge in [-0.1, -0.05) is 35.5 Å². The second-order valence-electron chi connectivity index (χ2n) is 7.42. The first-order chi connectivity index (χ1) is 16.0. The van der Waals surface area contributed by atoms with Crippen molar-refractivity contribution in [3.8, 4) is 11.5 Å². The van der Waals surface area contributed by atoms with Crippen molar-refractivity contribution in [2.75, 3.05) is 24.7 Å². The van der Waals surface area contributed by atoms with E-state index >= 15 is 0 Å². The fraction of sp³-hybridized carbons (Fsp3) is 0.250. The Labute approximate surface area is 190 Å². The molecule has 0 aliphatic carbocycles. The first kappa shape index (κ1) is 22.1. The van der Waals surface area contributed by atoms with Gasteiger partial charge in [0.05, 0.1) is 11.5 Å². The summed E-state index contributed by atoms with van der Waals surface area (Å²) >= 11 is 0. The molecule has 0 fully saturated rings. The Balaban J connectivity index is 1.47. The largest absolute Gasteiger partial charge is 0.490 e. The van der Waals surface area contributed by atoms with Crippen molar-refractivity contribution in [2.24, 2.45) is 0 Å². The predicted octanol–water partition coefficient (Wildman–Crippen LogP) is 4.43. The summed E-state index contributed by atoms with van der Waals surface area (Å²) in [5.41, 5.74) is 2.84. The van der Waals surface area contributed by atoms with Crippen LogP contribution in [0.2, 0.25) is 0 Å². The average molecular weight is 449 g/mol. The molecular weight excluding hydrogens is 426 g/mol. The summed E-state index contributed by atoms with van der Waals surface area (Å²) in [6.07, 6.45) is 3.97. The van der Waals surface area contributed by atoms with Crippen LogP contribution in [0.25, 0.3) is 12.2 Å². The zero-order chi connectivity index (χ0) is 23.4. The van der Waals surface area contributed by atoms with Crippen LogP contribution in [-0.4, -0.2) is 35.7 Å². The van der Waals surface area contributed by atoms with Gasteiger partial charge in [-0.05, 0) is 55.7 Å². The van der Waals surface area contributed by atoms with Crippen LogP contribution in [0.4, 0.5) is 11.4 Å². The van der Waals surface area contributed by atoms with Crippen LogP contribution in [0.5, 0.6) is 11.5 Å². The van der Waals surface area contributed by atoms with Crippen LogP contribution in [0.1, 0.15) is 29.5 Å². The first-order valence-electron chi connectivity index (χ1n) is 10.5. The summed E-state index contributed by atoms with van der Waals surface area (Å²) < 4.78 is 16.5. The summed E-state index contributed by atoms with van der Waals surface area (Å²) in [5.74, 6) is 0.848. The number of benzene rings is 2. The molecule has 0 atom stereocenters. The highest BCUT2D eigenvalue weighted by Gasteiger charge is 2.25. The van der Waals surface area contributed by atoms with Gasteiger partial charge in [0.15, 0.2) is 23.8 Å². The molecule has 1 aromatic heterocycles. The van der Waals surface area contributed by atoms with E-state index in [9.17, 15) is 14.9 Å². The van der Waals surface area contributed by atoms with Crippen LogP contribution < -0.4 is 14.4 Å². The number of aromatic nitrogens is 1. The quantitative estimate of drug-likeness (QED) is 0.370. The Morgan fingerprint density at radius 2 is 2.03 bits per heavy atom. The van der Waals surface area contributed by atoms with E-state index < -0.39 is 4.92 Å². The third-order valence-corrected chi connectivity index (χ3v) is 5.27. The second-order valence-corrected chi connectivity index (χ2v) is 7.42. The molecule has 0 spiro atoms. The summed E-state index contributed by atoms with van der Waals surface area (Å²) in [5, 5.41) is 14.8. The number of hydrogen-bond acceptors (Lipinski definition) is 7. The molecule has 170 valence electrons. The van der Waals surface area contributed by atoms with E-state index in [1.165, 1.54) is 13.0 Å². The minimum absolute atomic E-state index is 0.0623. The zero-order valence-electron chi connectivity index (χ0n) is 18.3. The number of carbonyl (C=O) groups is 1. The number of carbonyl (C=O) groups excluding carboxylic acids is 1. The van der Waals surface area contributed by atoms with E-state index in [0.29, 0.717) is 30.2 Å². The van der Waals surface area contributed by atoms with Crippen LogP contribution in [0.3, 0.4) is 0 Å². The fourth-order valence-corrected chi connectivity index (χ4v) is 3.72. The smallest absolute Gasteiger partial charge is 0.338 e. The highest BCUT2D eigenvalue weighted by atomic mass is 16.6. The Morgan fingerprint density at radius 1 is 1.21 bits per heavy atom. The molecule has 9 heteroatoms. The van der Waals surface area contributed by atoms with E-state index in [0.717, 1.165) is 17.7 Å². The third kappa shape index (κ3) is 4.72. The van der Waals surface area contributed by atoms with Crippen molar-refractivity contribution in [3.63, 3.8) is 0 Å². The Hall–Kier alpha value is -4.14. The van der Waals surface area contributed by atoms with Crippen LogP contribution in [-0.2, 0) is 11.2 Å². The monoisotopic (exact) mass is 449 g/mol. The maximum Gasteiger partial charge on any atom is 0.338 e. The van der Waals surface area contributed by atoms with Gasteiger partial charge in [0.2, 0.25) is 5.76 Å². The number of para-hydroxylation sites is 1. The maximum atomic E-state index is 12.7. The Kier molecular flexibility index (Phi) is 6.39. The maximum absolute atomic E-state index is 12.7. The van der Waals surface area contributed by atoms with Crippen molar-refractivity contribution in [2.45, 2.75) is 20.3 Å². The highest BCUT2D eigenvalue weighted by molar-refractivity contribution is 5.96. The van der Waals surface area contributed by atoms with Gasteiger partial charge in [-0.15, -0.1) is 0 Å². The van der Waals surface area contributed by atoms with Crippen molar-refractivity contribution in [1.29, 1.82) is 0 Å². The number of rotatable bonds is 8. The molecule has 9 nitrogen and oxygen atoms in total. The number of hydrogen-bond donors (Lipinski definition) is 0. The van der Waals surface area contributed by atoms with Gasteiger partial charge in [0.1, 0.15) is 0 Å². The van der Waals surface area contributed by atoms with Gasteiger partial charge in [-0.2, -0.15) is 0 Å². The number of nitro groups is 1. The van der Waals surface area contributed by atoms with E-state index in [4.69, 9.17) is 14.0 Å². The van der Waals surface area contributed by atoms with Crippen molar-refractivity contribution in [3.05, 3.63) is 75.2 Å². The Bertz CT molecular complexity index is 1220. The van der Waals surface area contributed by atoms with E-state index in [2.05, 4.69) is 5.16 Å². The minimum atomic E-state index is -0.524. The molecule has 0 unspecified atom stereocenters. The van der Waals surface area contributed by atoms with Crippen molar-refractivity contribution in [1.82, 2.24) is 5.16 Å². The van der Waals surface area contributed by atoms with Crippen molar-refractivity contribution < 1.29 is 23.7 Å². The third-order valence-electron chi connectivity index (χ3n) is 5.27. The molecule has 2 heterocycles. The molecule has 0 bridgehead atoms. The molecule has 3 aromatic rings. The van der Waals surface area contributed by atoms with E-state index in [-0.39, 0.29) is 29.7 Å². The minimum Gasteiger partial charge on any atom is -0.490 e. The molecule has 0 N–H and O–H groups in total. The lowest BCUT2D eigenvalue weighted by Crippen LogP contribution is -2.33. The van der Waals surface area contributed by atoms with Gasteiger partial charge in [0, 0.05) is 12.2 Å². The summed E-state index contributed by atoms with van der Waals surface area (Å²) in [6.45, 7) is 4.29. The number of anilines is 1. The zero-order valence-corrected chi connectivity index (χ0v) is 18.3. The number of amides is 1. The van der Waals surface area contributed by atoms with Crippen LogP contribution in [0, 0.1) is 17.0 Å². The summed E-state index contributed by atoms with van der Waals surface area (Å²) in [7, 11) is 0. The molecular formula is C24H23N3O6.